The molecule has 1 aromatic rings. The van der Waals surface area contributed by atoms with Gasteiger partial charge in [0.25, 0.3) is 0 Å². The van der Waals surface area contributed by atoms with Gasteiger partial charge in [-0.1, -0.05) is 6.08 Å². The van der Waals surface area contributed by atoms with Crippen LogP contribution in [-0.4, -0.2) is 12.6 Å². The molecule has 1 aliphatic rings. The molecule has 2 nitrogen and oxygen atoms in total. The summed E-state index contributed by atoms with van der Waals surface area (Å²) in [5.41, 5.74) is 2.22. The second-order valence-electron chi connectivity index (χ2n) is 4.42. The van der Waals surface area contributed by atoms with Crippen LogP contribution in [0.1, 0.15) is 48.5 Å². The van der Waals surface area contributed by atoms with Crippen molar-refractivity contribution in [3.05, 3.63) is 41.2 Å². The van der Waals surface area contributed by atoms with E-state index in [1.165, 1.54) is 18.6 Å². The number of allylic oxidation sites excluding steroid dienone is 2. The Morgan fingerprint density at radius 2 is 2.17 bits per heavy atom. The van der Waals surface area contributed by atoms with E-state index in [1.807, 2.05) is 0 Å². The minimum absolute atomic E-state index is 0.290. The number of carbonyl (C=O) groups is 1. The number of rotatable bonds is 3. The third kappa shape index (κ3) is 2.97. The van der Waals surface area contributed by atoms with E-state index in [0.717, 1.165) is 30.4 Å². The number of hydrogen-bond acceptors (Lipinski definition) is 2. The minimum atomic E-state index is -0.463. The third-order valence-corrected chi connectivity index (χ3v) is 3.07. The molecule has 0 bridgehead atoms. The molecule has 0 spiro atoms. The molecule has 0 saturated carbocycles. The summed E-state index contributed by atoms with van der Waals surface area (Å²) in [5.74, 6) is -0.850. The van der Waals surface area contributed by atoms with Gasteiger partial charge in [0.05, 0.1) is 12.2 Å². The lowest BCUT2D eigenvalue weighted by molar-refractivity contribution is 0.0525. The number of halogens is 1. The Balaban J connectivity index is 2.31. The van der Waals surface area contributed by atoms with Gasteiger partial charge in [0.2, 0.25) is 0 Å². The summed E-state index contributed by atoms with van der Waals surface area (Å²) >= 11 is 0. The molecule has 0 saturated heterocycles. The monoisotopic (exact) mass is 248 g/mol. The van der Waals surface area contributed by atoms with Crippen molar-refractivity contribution in [3.63, 3.8) is 0 Å². The van der Waals surface area contributed by atoms with E-state index in [2.05, 4.69) is 6.08 Å². The predicted molar refractivity (Wildman–Crippen MR) is 68.8 cm³/mol. The van der Waals surface area contributed by atoms with Gasteiger partial charge in [-0.2, -0.15) is 0 Å². The Kier molecular flexibility index (Phi) is 4.13. The fraction of sp³-hybridized carbons (Fsp3) is 0.400. The van der Waals surface area contributed by atoms with Gasteiger partial charge >= 0.3 is 5.97 Å². The van der Waals surface area contributed by atoms with Gasteiger partial charge in [-0.3, -0.25) is 0 Å². The molecule has 0 aromatic heterocycles. The average Bonchev–Trinajstić information content (AvgIpc) is 2.39. The first kappa shape index (κ1) is 12.8. The molecule has 1 aliphatic carbocycles. The molecule has 2 rings (SSSR count). The summed E-state index contributed by atoms with van der Waals surface area (Å²) in [6.45, 7) is 2.04. The lowest BCUT2D eigenvalue weighted by Crippen LogP contribution is -2.06. The van der Waals surface area contributed by atoms with Crippen LogP contribution in [0.15, 0.2) is 24.3 Å². The zero-order valence-electron chi connectivity index (χ0n) is 10.5. The molecule has 0 heterocycles. The maximum absolute atomic E-state index is 13.5. The van der Waals surface area contributed by atoms with Gasteiger partial charge in [-0.25, -0.2) is 9.18 Å². The van der Waals surface area contributed by atoms with E-state index in [-0.39, 0.29) is 5.82 Å². The largest absolute Gasteiger partial charge is 0.462 e. The van der Waals surface area contributed by atoms with Crippen molar-refractivity contribution in [3.8, 4) is 0 Å². The second-order valence-corrected chi connectivity index (χ2v) is 4.42. The average molecular weight is 248 g/mol. The zero-order valence-corrected chi connectivity index (χ0v) is 10.5. The molecule has 0 aliphatic heterocycles. The van der Waals surface area contributed by atoms with Crippen LogP contribution in [0.4, 0.5) is 4.39 Å². The quantitative estimate of drug-likeness (QED) is 0.757. The van der Waals surface area contributed by atoms with Crippen molar-refractivity contribution < 1.29 is 13.9 Å². The van der Waals surface area contributed by atoms with Gasteiger partial charge in [-0.05, 0) is 61.9 Å². The van der Waals surface area contributed by atoms with Crippen LogP contribution in [0.25, 0.3) is 5.57 Å². The fourth-order valence-electron chi connectivity index (χ4n) is 2.21. The lowest BCUT2D eigenvalue weighted by Gasteiger charge is -2.14. The molecule has 0 unspecified atom stereocenters. The number of esters is 1. The molecule has 0 fully saturated rings. The standard InChI is InChI=1S/C15H17FO2/c1-2-18-15(17)13-8-12(9-14(16)10-13)11-6-4-3-5-7-11/h6,8-10H,2-5,7H2,1H3. The van der Waals surface area contributed by atoms with Crippen molar-refractivity contribution in [1.29, 1.82) is 0 Å². The number of ether oxygens (including phenoxy) is 1. The van der Waals surface area contributed by atoms with Gasteiger partial charge < -0.3 is 4.74 Å². The molecule has 0 N–H and O–H groups in total. The number of carbonyl (C=O) groups excluding carboxylic acids is 1. The number of benzene rings is 1. The highest BCUT2D eigenvalue weighted by molar-refractivity contribution is 5.90. The number of hydrogen-bond donors (Lipinski definition) is 0. The smallest absolute Gasteiger partial charge is 0.338 e. The molecule has 1 aromatic carbocycles. The van der Waals surface area contributed by atoms with Gasteiger partial charge in [0.15, 0.2) is 0 Å². The fourth-order valence-corrected chi connectivity index (χ4v) is 2.21. The highest BCUT2D eigenvalue weighted by Crippen LogP contribution is 2.28. The van der Waals surface area contributed by atoms with Crippen molar-refractivity contribution in [1.82, 2.24) is 0 Å². The molecule has 96 valence electrons. The maximum Gasteiger partial charge on any atom is 0.338 e. The van der Waals surface area contributed by atoms with Crippen molar-refractivity contribution in [2.45, 2.75) is 32.6 Å². The van der Waals surface area contributed by atoms with E-state index >= 15 is 0 Å². The molecular weight excluding hydrogens is 231 g/mol. The zero-order chi connectivity index (χ0) is 13.0. The summed E-state index contributed by atoms with van der Waals surface area (Å²) in [7, 11) is 0. The summed E-state index contributed by atoms with van der Waals surface area (Å²) in [4.78, 5) is 11.6. The van der Waals surface area contributed by atoms with Crippen molar-refractivity contribution >= 4 is 11.5 Å². The van der Waals surface area contributed by atoms with E-state index in [4.69, 9.17) is 4.74 Å². The third-order valence-electron chi connectivity index (χ3n) is 3.07. The Morgan fingerprint density at radius 3 is 2.83 bits per heavy atom. The first-order chi connectivity index (χ1) is 8.70. The topological polar surface area (TPSA) is 26.3 Å². The van der Waals surface area contributed by atoms with Crippen LogP contribution < -0.4 is 0 Å². The predicted octanol–water partition coefficient (Wildman–Crippen LogP) is 3.96. The van der Waals surface area contributed by atoms with Crippen LogP contribution >= 0.6 is 0 Å². The molecule has 3 heteroatoms. The van der Waals surface area contributed by atoms with Crippen LogP contribution in [0, 0.1) is 5.82 Å². The van der Waals surface area contributed by atoms with Crippen molar-refractivity contribution in [2.75, 3.05) is 6.61 Å². The van der Waals surface area contributed by atoms with Crippen LogP contribution in [0.3, 0.4) is 0 Å². The summed E-state index contributed by atoms with van der Waals surface area (Å²) in [6.07, 6.45) is 6.42. The molecule has 0 amide bonds. The lowest BCUT2D eigenvalue weighted by atomic mass is 9.93. The van der Waals surface area contributed by atoms with E-state index in [9.17, 15) is 9.18 Å². The Hall–Kier alpha value is -1.64. The summed E-state index contributed by atoms with van der Waals surface area (Å²) in [6, 6.07) is 4.43. The Morgan fingerprint density at radius 1 is 1.33 bits per heavy atom. The van der Waals surface area contributed by atoms with Gasteiger partial charge in [-0.15, -0.1) is 0 Å². The highest BCUT2D eigenvalue weighted by atomic mass is 19.1. The molecule has 0 radical (unpaired) electrons. The van der Waals surface area contributed by atoms with Crippen LogP contribution in [0.5, 0.6) is 0 Å². The minimum Gasteiger partial charge on any atom is -0.462 e. The summed E-state index contributed by atoms with van der Waals surface area (Å²) < 4.78 is 18.4. The maximum atomic E-state index is 13.5. The van der Waals surface area contributed by atoms with Gasteiger partial charge in [0, 0.05) is 0 Å². The van der Waals surface area contributed by atoms with E-state index < -0.39 is 5.97 Å². The molecule has 0 atom stereocenters. The van der Waals surface area contributed by atoms with E-state index in [1.54, 1.807) is 13.0 Å². The Labute approximate surface area is 106 Å². The first-order valence-electron chi connectivity index (χ1n) is 6.38. The van der Waals surface area contributed by atoms with Gasteiger partial charge in [0.1, 0.15) is 5.82 Å². The molecule has 18 heavy (non-hydrogen) atoms. The highest BCUT2D eigenvalue weighted by Gasteiger charge is 2.13. The second kappa shape index (κ2) is 5.80. The van der Waals surface area contributed by atoms with Crippen molar-refractivity contribution in [2.24, 2.45) is 0 Å². The first-order valence-corrected chi connectivity index (χ1v) is 6.38. The summed E-state index contributed by atoms with van der Waals surface area (Å²) in [5, 5.41) is 0. The van der Waals surface area contributed by atoms with Crippen LogP contribution in [-0.2, 0) is 4.74 Å². The van der Waals surface area contributed by atoms with Crippen LogP contribution in [0.2, 0.25) is 0 Å². The normalized spacial score (nSPS) is 15.1. The SMILES string of the molecule is CCOC(=O)c1cc(F)cc(C2=CCCCC2)c1. The Bertz CT molecular complexity index is 477. The molecular formula is C15H17FO2. The van der Waals surface area contributed by atoms with E-state index in [0.29, 0.717) is 12.2 Å².